The number of alkyl halides is 1. The van der Waals surface area contributed by atoms with E-state index < -0.39 is 40.2 Å². The van der Waals surface area contributed by atoms with E-state index >= 15 is 0 Å². The van der Waals surface area contributed by atoms with Crippen LogP contribution in [0.1, 0.15) is 19.3 Å². The molecule has 3 rings (SSSR count). The summed E-state index contributed by atoms with van der Waals surface area (Å²) >= 11 is 0. The van der Waals surface area contributed by atoms with Crippen molar-refractivity contribution in [1.29, 1.82) is 0 Å². The summed E-state index contributed by atoms with van der Waals surface area (Å²) in [6.07, 6.45) is 0.456. The number of amides is 1. The lowest BCUT2D eigenvalue weighted by Crippen LogP contribution is -2.83. The Bertz CT molecular complexity index is 718. The van der Waals surface area contributed by atoms with Gasteiger partial charge in [-0.3, -0.25) is 4.79 Å². The summed E-state index contributed by atoms with van der Waals surface area (Å²) in [7, 11) is -2.97. The van der Waals surface area contributed by atoms with Gasteiger partial charge in [-0.2, -0.15) is 0 Å². The molecule has 5 atom stereocenters. The van der Waals surface area contributed by atoms with Gasteiger partial charge in [-0.15, -0.1) is 0 Å². The third kappa shape index (κ3) is 6.01. The van der Waals surface area contributed by atoms with Crippen molar-refractivity contribution in [3.05, 3.63) is 0 Å². The molecule has 0 aromatic rings. The normalized spacial score (nSPS) is 33.5. The molecule has 0 radical (unpaired) electrons. The SMILES string of the molecule is NC(N)C(C(=O)NC1CNCCC1OC1CCS(=O)(=O)CC1)C1N=CC(F)C=[NH+]1. The first kappa shape index (κ1) is 22.2. The first-order chi connectivity index (χ1) is 13.7. The van der Waals surface area contributed by atoms with Crippen molar-refractivity contribution in [2.24, 2.45) is 22.4 Å². The van der Waals surface area contributed by atoms with E-state index in [2.05, 4.69) is 20.6 Å². The van der Waals surface area contributed by atoms with Crippen LogP contribution in [0.2, 0.25) is 0 Å². The average Bonchev–Trinajstić information content (AvgIpc) is 2.66. The van der Waals surface area contributed by atoms with Gasteiger partial charge in [-0.1, -0.05) is 0 Å². The summed E-state index contributed by atoms with van der Waals surface area (Å²) in [5, 5.41) is 6.16. The van der Waals surface area contributed by atoms with Gasteiger partial charge in [0.15, 0.2) is 16.1 Å². The van der Waals surface area contributed by atoms with Crippen LogP contribution in [0.3, 0.4) is 0 Å². The fourth-order valence-electron chi connectivity index (χ4n) is 3.85. The molecular formula is C17H30FN6O4S+. The van der Waals surface area contributed by atoms with E-state index in [1.165, 1.54) is 6.21 Å². The van der Waals surface area contributed by atoms with E-state index in [1.807, 2.05) is 0 Å². The van der Waals surface area contributed by atoms with Gasteiger partial charge in [-0.05, 0) is 25.8 Å². The number of ether oxygens (including phenoxy) is 1. The summed E-state index contributed by atoms with van der Waals surface area (Å²) in [6.45, 7) is 1.25. The van der Waals surface area contributed by atoms with Crippen molar-refractivity contribution in [1.82, 2.24) is 10.6 Å². The molecule has 1 amide bonds. The van der Waals surface area contributed by atoms with Gasteiger partial charge in [0, 0.05) is 12.8 Å². The number of carbonyl (C=O) groups is 1. The smallest absolute Gasteiger partial charge is 0.257 e. The van der Waals surface area contributed by atoms with Crippen LogP contribution in [0.25, 0.3) is 0 Å². The maximum atomic E-state index is 13.2. The first-order valence-corrected chi connectivity index (χ1v) is 11.7. The number of nitrogens with one attached hydrogen (secondary N) is 3. The predicted molar refractivity (Wildman–Crippen MR) is 106 cm³/mol. The van der Waals surface area contributed by atoms with Crippen molar-refractivity contribution < 1.29 is 27.3 Å². The lowest BCUT2D eigenvalue weighted by molar-refractivity contribution is -0.507. The van der Waals surface area contributed by atoms with E-state index in [9.17, 15) is 17.6 Å². The van der Waals surface area contributed by atoms with Gasteiger partial charge in [0.05, 0.1) is 35.9 Å². The van der Waals surface area contributed by atoms with Crippen molar-refractivity contribution in [3.8, 4) is 0 Å². The molecule has 0 saturated carbocycles. The Morgan fingerprint density at radius 2 is 2.03 bits per heavy atom. The number of carbonyl (C=O) groups excluding carboxylic acids is 1. The highest BCUT2D eigenvalue weighted by Crippen LogP contribution is 2.21. The molecular weight excluding hydrogens is 403 g/mol. The predicted octanol–water partition coefficient (Wildman–Crippen LogP) is -3.81. The molecule has 3 aliphatic heterocycles. The van der Waals surface area contributed by atoms with Gasteiger partial charge in [-0.25, -0.2) is 22.8 Å². The van der Waals surface area contributed by atoms with Crippen molar-refractivity contribution in [3.63, 3.8) is 0 Å². The number of aliphatic imine (C=N–C) groups is 1. The van der Waals surface area contributed by atoms with E-state index in [-0.39, 0.29) is 29.8 Å². The topological polar surface area (TPSA) is 163 Å². The van der Waals surface area contributed by atoms with Crippen molar-refractivity contribution in [2.45, 2.75) is 56.0 Å². The maximum Gasteiger partial charge on any atom is 0.257 e. The van der Waals surface area contributed by atoms with Crippen LogP contribution in [0.15, 0.2) is 4.99 Å². The van der Waals surface area contributed by atoms with Crippen LogP contribution in [-0.2, 0) is 19.4 Å². The summed E-state index contributed by atoms with van der Waals surface area (Å²) in [5.74, 6) is -1.03. The molecule has 0 bridgehead atoms. The minimum Gasteiger partial charge on any atom is -0.373 e. The summed E-state index contributed by atoms with van der Waals surface area (Å²) < 4.78 is 42.6. The average molecular weight is 434 g/mol. The molecule has 0 aliphatic carbocycles. The minimum absolute atomic E-state index is 0.126. The summed E-state index contributed by atoms with van der Waals surface area (Å²) in [6, 6.07) is -0.318. The van der Waals surface area contributed by atoms with Crippen molar-refractivity contribution >= 4 is 28.2 Å². The molecule has 7 N–H and O–H groups in total. The third-order valence-electron chi connectivity index (χ3n) is 5.49. The minimum atomic E-state index is -2.97. The van der Waals surface area contributed by atoms with E-state index in [1.54, 1.807) is 0 Å². The van der Waals surface area contributed by atoms with E-state index in [0.717, 1.165) is 12.8 Å². The summed E-state index contributed by atoms with van der Waals surface area (Å²) in [5.41, 5.74) is 11.6. The fraction of sp³-hybridized carbons (Fsp3) is 0.824. The standard InChI is InChI=1S/C17H29FN6O4S/c18-10-7-22-16(23-8-10)14(15(19)20)17(25)24-12-9-21-4-1-13(12)28-11-2-5-29(26,27)6-3-11/h7-8,10-16,21H,1-6,9,19-20H2,(H,24,25)/p+1. The van der Waals surface area contributed by atoms with Crippen LogP contribution >= 0.6 is 0 Å². The zero-order valence-corrected chi connectivity index (χ0v) is 17.0. The number of hydrogen-bond acceptors (Lipinski definition) is 8. The zero-order valence-electron chi connectivity index (χ0n) is 16.2. The highest BCUT2D eigenvalue weighted by Gasteiger charge is 2.40. The van der Waals surface area contributed by atoms with E-state index in [0.29, 0.717) is 25.8 Å². The second-order valence-corrected chi connectivity index (χ2v) is 10.1. The number of nitrogens with two attached hydrogens (primary N) is 2. The number of nitrogens with zero attached hydrogens (tertiary/aromatic N) is 1. The maximum absolute atomic E-state index is 13.2. The van der Waals surface area contributed by atoms with Crippen LogP contribution in [0, 0.1) is 5.92 Å². The number of sulfone groups is 1. The van der Waals surface area contributed by atoms with Crippen LogP contribution in [0.4, 0.5) is 4.39 Å². The Labute approximate surface area is 169 Å². The molecule has 0 spiro atoms. The monoisotopic (exact) mass is 433 g/mol. The van der Waals surface area contributed by atoms with Gasteiger partial charge in [0.1, 0.15) is 5.92 Å². The molecule has 2 saturated heterocycles. The third-order valence-corrected chi connectivity index (χ3v) is 7.20. The Balaban J connectivity index is 1.62. The Morgan fingerprint density at radius 1 is 1.31 bits per heavy atom. The van der Waals surface area contributed by atoms with Gasteiger partial charge < -0.3 is 26.8 Å². The van der Waals surface area contributed by atoms with E-state index in [4.69, 9.17) is 16.2 Å². The molecule has 5 unspecified atom stereocenters. The first-order valence-electron chi connectivity index (χ1n) is 9.90. The zero-order chi connectivity index (χ0) is 21.0. The highest BCUT2D eigenvalue weighted by molar-refractivity contribution is 7.91. The van der Waals surface area contributed by atoms with Crippen LogP contribution in [0.5, 0.6) is 0 Å². The Morgan fingerprint density at radius 3 is 2.66 bits per heavy atom. The quantitative estimate of drug-likeness (QED) is 0.268. The number of halogens is 1. The van der Waals surface area contributed by atoms with Crippen LogP contribution in [-0.4, -0.2) is 88.1 Å². The molecule has 3 heterocycles. The molecule has 3 aliphatic rings. The number of piperidine rings is 1. The van der Waals surface area contributed by atoms with Crippen LogP contribution < -0.4 is 27.1 Å². The molecule has 0 aromatic carbocycles. The second kappa shape index (κ2) is 9.56. The molecule has 29 heavy (non-hydrogen) atoms. The Kier molecular flexibility index (Phi) is 7.32. The molecule has 0 aromatic heterocycles. The molecule has 2 fully saturated rings. The van der Waals surface area contributed by atoms with Gasteiger partial charge >= 0.3 is 0 Å². The van der Waals surface area contributed by atoms with Gasteiger partial charge in [0.25, 0.3) is 6.17 Å². The molecule has 164 valence electrons. The molecule has 12 heteroatoms. The Hall–Kier alpha value is -1.47. The molecule has 10 nitrogen and oxygen atoms in total. The fourth-order valence-corrected chi connectivity index (χ4v) is 5.30. The summed E-state index contributed by atoms with van der Waals surface area (Å²) in [4.78, 5) is 19.6. The van der Waals surface area contributed by atoms with Gasteiger partial charge in [0.2, 0.25) is 12.1 Å². The number of hydrogen-bond donors (Lipinski definition) is 5. The lowest BCUT2D eigenvalue weighted by atomic mass is 9.98. The van der Waals surface area contributed by atoms with Crippen molar-refractivity contribution in [2.75, 3.05) is 24.6 Å². The number of rotatable bonds is 6. The largest absolute Gasteiger partial charge is 0.373 e. The second-order valence-electron chi connectivity index (χ2n) is 7.76. The highest BCUT2D eigenvalue weighted by atomic mass is 32.2. The lowest BCUT2D eigenvalue weighted by Gasteiger charge is -2.37.